The fourth-order valence-electron chi connectivity index (χ4n) is 2.90. The monoisotopic (exact) mass is 326 g/mol. The van der Waals surface area contributed by atoms with Gasteiger partial charge >= 0.3 is 0 Å². The van der Waals surface area contributed by atoms with E-state index in [9.17, 15) is 20.1 Å². The van der Waals surface area contributed by atoms with Crippen LogP contribution < -0.4 is 10.2 Å². The number of aromatic hydroxyl groups is 3. The summed E-state index contributed by atoms with van der Waals surface area (Å²) in [5.74, 6) is -0.502. The summed E-state index contributed by atoms with van der Waals surface area (Å²) < 4.78 is 11.4. The SMILES string of the molecule is CC1(C)C=Cc2c(cc3c(=O)c4c(O)cc(O)cc4oc3c2O)O1. The minimum Gasteiger partial charge on any atom is -0.508 e. The third kappa shape index (κ3) is 1.93. The third-order valence-electron chi connectivity index (χ3n) is 4.03. The lowest BCUT2D eigenvalue weighted by molar-refractivity contribution is 0.158. The Hall–Kier alpha value is -3.15. The third-order valence-corrected chi connectivity index (χ3v) is 4.03. The molecule has 24 heavy (non-hydrogen) atoms. The average Bonchev–Trinajstić information content (AvgIpc) is 2.47. The molecule has 3 aromatic rings. The Morgan fingerprint density at radius 3 is 2.58 bits per heavy atom. The van der Waals surface area contributed by atoms with E-state index < -0.39 is 11.0 Å². The standard InChI is InChI=1S/C18H14O6/c1-18(2)4-3-9-12(24-18)7-10-15(21)14-11(20)5-8(19)6-13(14)23-17(10)16(9)22/h3-7,19-20,22H,1-2H3. The molecule has 0 atom stereocenters. The van der Waals surface area contributed by atoms with Gasteiger partial charge in [-0.3, -0.25) is 4.79 Å². The van der Waals surface area contributed by atoms with Crippen LogP contribution in [0.15, 0.2) is 33.5 Å². The zero-order chi connectivity index (χ0) is 17.2. The highest BCUT2D eigenvalue weighted by Crippen LogP contribution is 2.42. The molecule has 3 N–H and O–H groups in total. The Bertz CT molecular complexity index is 1100. The van der Waals surface area contributed by atoms with E-state index in [0.29, 0.717) is 11.3 Å². The minimum atomic E-state index is -0.571. The fourth-order valence-corrected chi connectivity index (χ4v) is 2.90. The Labute approximate surface area is 135 Å². The van der Waals surface area contributed by atoms with Gasteiger partial charge in [0.25, 0.3) is 0 Å². The van der Waals surface area contributed by atoms with E-state index in [4.69, 9.17) is 9.15 Å². The predicted molar refractivity (Wildman–Crippen MR) is 88.7 cm³/mol. The number of rotatable bonds is 0. The van der Waals surface area contributed by atoms with Crippen LogP contribution in [0.5, 0.6) is 23.0 Å². The highest BCUT2D eigenvalue weighted by atomic mass is 16.5. The summed E-state index contributed by atoms with van der Waals surface area (Å²) in [6, 6.07) is 3.77. The highest BCUT2D eigenvalue weighted by molar-refractivity contribution is 5.98. The van der Waals surface area contributed by atoms with Gasteiger partial charge in [-0.1, -0.05) is 0 Å². The molecule has 2 heterocycles. The van der Waals surface area contributed by atoms with Crippen LogP contribution in [-0.2, 0) is 0 Å². The Kier molecular flexibility index (Phi) is 2.67. The van der Waals surface area contributed by atoms with Crippen molar-refractivity contribution in [2.24, 2.45) is 0 Å². The van der Waals surface area contributed by atoms with Crippen LogP contribution in [0.1, 0.15) is 19.4 Å². The molecule has 122 valence electrons. The number of phenols is 3. The lowest BCUT2D eigenvalue weighted by Crippen LogP contribution is -2.27. The van der Waals surface area contributed by atoms with Crippen molar-refractivity contribution in [3.05, 3.63) is 40.1 Å². The van der Waals surface area contributed by atoms with Crippen molar-refractivity contribution >= 4 is 28.0 Å². The van der Waals surface area contributed by atoms with Crippen LogP contribution in [0.4, 0.5) is 0 Å². The van der Waals surface area contributed by atoms with E-state index in [1.165, 1.54) is 12.1 Å². The van der Waals surface area contributed by atoms with E-state index >= 15 is 0 Å². The lowest BCUT2D eigenvalue weighted by atomic mass is 9.99. The largest absolute Gasteiger partial charge is 0.508 e. The number of benzene rings is 2. The molecule has 0 radical (unpaired) electrons. The van der Waals surface area contributed by atoms with Gasteiger partial charge in [0.15, 0.2) is 11.3 Å². The summed E-state index contributed by atoms with van der Waals surface area (Å²) >= 11 is 0. The van der Waals surface area contributed by atoms with Gasteiger partial charge in [-0.05, 0) is 32.1 Å². The van der Waals surface area contributed by atoms with E-state index in [-0.39, 0.29) is 39.2 Å². The summed E-state index contributed by atoms with van der Waals surface area (Å²) in [5, 5.41) is 30.1. The first-order valence-corrected chi connectivity index (χ1v) is 7.33. The van der Waals surface area contributed by atoms with E-state index in [1.807, 2.05) is 13.8 Å². The van der Waals surface area contributed by atoms with Gasteiger partial charge in [0, 0.05) is 12.1 Å². The zero-order valence-corrected chi connectivity index (χ0v) is 13.0. The molecule has 0 spiro atoms. The number of ether oxygens (including phenoxy) is 1. The molecule has 0 bridgehead atoms. The van der Waals surface area contributed by atoms with Crippen molar-refractivity contribution in [2.75, 3.05) is 0 Å². The molecule has 0 aliphatic carbocycles. The number of hydrogen-bond donors (Lipinski definition) is 3. The quantitative estimate of drug-likeness (QED) is 0.548. The van der Waals surface area contributed by atoms with Gasteiger partial charge in [-0.15, -0.1) is 0 Å². The van der Waals surface area contributed by atoms with Crippen LogP contribution in [0, 0.1) is 0 Å². The average molecular weight is 326 g/mol. The van der Waals surface area contributed by atoms with Crippen molar-refractivity contribution < 1.29 is 24.5 Å². The first-order valence-electron chi connectivity index (χ1n) is 7.33. The second-order valence-electron chi connectivity index (χ2n) is 6.32. The second kappa shape index (κ2) is 4.44. The summed E-state index contributed by atoms with van der Waals surface area (Å²) in [6.07, 6.45) is 3.50. The van der Waals surface area contributed by atoms with Crippen molar-refractivity contribution in [3.63, 3.8) is 0 Å². The molecular formula is C18H14O6. The summed E-state index contributed by atoms with van der Waals surface area (Å²) in [4.78, 5) is 12.7. The van der Waals surface area contributed by atoms with Gasteiger partial charge in [-0.2, -0.15) is 0 Å². The van der Waals surface area contributed by atoms with Gasteiger partial charge in [0.2, 0.25) is 5.43 Å². The molecule has 0 unspecified atom stereocenters. The number of fused-ring (bicyclic) bond motifs is 3. The van der Waals surface area contributed by atoms with Crippen molar-refractivity contribution in [2.45, 2.75) is 19.4 Å². The molecule has 0 saturated carbocycles. The molecule has 1 aliphatic rings. The summed E-state index contributed by atoms with van der Waals surface area (Å²) in [6.45, 7) is 3.70. The molecule has 4 rings (SSSR count). The molecule has 0 fully saturated rings. The molecule has 0 amide bonds. The molecule has 1 aliphatic heterocycles. The fraction of sp³-hybridized carbons (Fsp3) is 0.167. The predicted octanol–water partition coefficient (Wildman–Crippen LogP) is 3.25. The Morgan fingerprint density at radius 2 is 1.83 bits per heavy atom. The zero-order valence-electron chi connectivity index (χ0n) is 13.0. The molecule has 6 nitrogen and oxygen atoms in total. The van der Waals surface area contributed by atoms with Crippen LogP contribution in [0.3, 0.4) is 0 Å². The van der Waals surface area contributed by atoms with Gasteiger partial charge in [0.05, 0.1) is 10.9 Å². The first-order chi connectivity index (χ1) is 11.3. The Balaban J connectivity index is 2.17. The number of phenolic OH excluding ortho intramolecular Hbond substituents is 3. The first kappa shape index (κ1) is 14.4. The van der Waals surface area contributed by atoms with Gasteiger partial charge in [0.1, 0.15) is 33.8 Å². The van der Waals surface area contributed by atoms with Crippen LogP contribution >= 0.6 is 0 Å². The maximum atomic E-state index is 12.7. The molecule has 0 saturated heterocycles. The molecular weight excluding hydrogens is 312 g/mol. The van der Waals surface area contributed by atoms with Gasteiger partial charge < -0.3 is 24.5 Å². The van der Waals surface area contributed by atoms with Gasteiger partial charge in [-0.25, -0.2) is 0 Å². The van der Waals surface area contributed by atoms with Crippen LogP contribution in [0.2, 0.25) is 0 Å². The molecule has 2 aromatic carbocycles. The second-order valence-corrected chi connectivity index (χ2v) is 6.32. The molecule has 6 heteroatoms. The van der Waals surface area contributed by atoms with E-state index in [0.717, 1.165) is 6.07 Å². The smallest absolute Gasteiger partial charge is 0.204 e. The van der Waals surface area contributed by atoms with E-state index in [1.54, 1.807) is 12.2 Å². The summed E-state index contributed by atoms with van der Waals surface area (Å²) in [5.41, 5.74) is -0.713. The van der Waals surface area contributed by atoms with Crippen molar-refractivity contribution in [3.8, 4) is 23.0 Å². The van der Waals surface area contributed by atoms with E-state index in [2.05, 4.69) is 0 Å². The minimum absolute atomic E-state index is 0.0127. The van der Waals surface area contributed by atoms with Crippen LogP contribution in [0.25, 0.3) is 28.0 Å². The normalized spacial score (nSPS) is 15.4. The Morgan fingerprint density at radius 1 is 1.08 bits per heavy atom. The maximum Gasteiger partial charge on any atom is 0.204 e. The maximum absolute atomic E-state index is 12.7. The number of hydrogen-bond acceptors (Lipinski definition) is 6. The topological polar surface area (TPSA) is 100 Å². The van der Waals surface area contributed by atoms with Crippen LogP contribution in [-0.4, -0.2) is 20.9 Å². The van der Waals surface area contributed by atoms with Crippen molar-refractivity contribution in [1.29, 1.82) is 0 Å². The molecule has 1 aromatic heterocycles. The lowest BCUT2D eigenvalue weighted by Gasteiger charge is -2.28. The summed E-state index contributed by atoms with van der Waals surface area (Å²) in [7, 11) is 0. The highest BCUT2D eigenvalue weighted by Gasteiger charge is 2.27. The van der Waals surface area contributed by atoms with Crippen molar-refractivity contribution in [1.82, 2.24) is 0 Å².